The molecule has 3 N–H and O–H groups in total. The summed E-state index contributed by atoms with van der Waals surface area (Å²) in [5, 5.41) is 19.3. The monoisotopic (exact) mass is 404 g/mol. The number of carbonyl (C=O) groups excluding carboxylic acids is 2. The van der Waals surface area contributed by atoms with Crippen molar-refractivity contribution >= 4 is 46.2 Å². The largest absolute Gasteiger partial charge is 0.374 e. The molecule has 8 nitrogen and oxygen atoms in total. The number of nitro groups is 1. The molecule has 2 aromatic rings. The first-order chi connectivity index (χ1) is 13.2. The van der Waals surface area contributed by atoms with E-state index in [-0.39, 0.29) is 34.1 Å². The maximum Gasteiger partial charge on any atom is 0.271 e. The lowest BCUT2D eigenvalue weighted by molar-refractivity contribution is -0.384. The minimum atomic E-state index is -0.595. The number of nitrogens with zero attached hydrogens (tertiary/aromatic N) is 1. The molecule has 2 amide bonds. The summed E-state index contributed by atoms with van der Waals surface area (Å²) in [6.45, 7) is 5.29. The smallest absolute Gasteiger partial charge is 0.271 e. The first kappa shape index (κ1) is 21.2. The van der Waals surface area contributed by atoms with Gasteiger partial charge in [-0.2, -0.15) is 0 Å². The molecule has 148 valence electrons. The lowest BCUT2D eigenvalue weighted by Crippen LogP contribution is -2.31. The van der Waals surface area contributed by atoms with E-state index in [2.05, 4.69) is 16.0 Å². The third kappa shape index (κ3) is 5.68. The van der Waals surface area contributed by atoms with Gasteiger partial charge in [-0.3, -0.25) is 19.7 Å². The fourth-order valence-electron chi connectivity index (χ4n) is 2.21. The second-order valence-electron chi connectivity index (χ2n) is 6.50. The Morgan fingerprint density at radius 2 is 1.57 bits per heavy atom. The molecule has 0 heterocycles. The summed E-state index contributed by atoms with van der Waals surface area (Å²) in [5.41, 5.74) is 1.50. The summed E-state index contributed by atoms with van der Waals surface area (Å²) in [4.78, 5) is 34.2. The third-order valence-electron chi connectivity index (χ3n) is 3.87. The highest BCUT2D eigenvalue weighted by atomic mass is 35.5. The van der Waals surface area contributed by atoms with Gasteiger partial charge in [-0.05, 0) is 37.3 Å². The molecule has 0 saturated heterocycles. The van der Waals surface area contributed by atoms with Crippen LogP contribution in [0.4, 0.5) is 22.7 Å². The first-order valence-electron chi connectivity index (χ1n) is 8.59. The fourth-order valence-corrected chi connectivity index (χ4v) is 2.43. The van der Waals surface area contributed by atoms with Crippen LogP contribution in [0, 0.1) is 16.0 Å². The molecule has 2 rings (SSSR count). The topological polar surface area (TPSA) is 113 Å². The number of halogens is 1. The van der Waals surface area contributed by atoms with E-state index in [1.54, 1.807) is 31.2 Å². The van der Waals surface area contributed by atoms with E-state index < -0.39 is 11.0 Å². The van der Waals surface area contributed by atoms with Gasteiger partial charge in [0.15, 0.2) is 0 Å². The van der Waals surface area contributed by atoms with Crippen molar-refractivity contribution in [3.8, 4) is 0 Å². The van der Waals surface area contributed by atoms with Gasteiger partial charge in [0, 0.05) is 29.4 Å². The van der Waals surface area contributed by atoms with Crippen molar-refractivity contribution in [3.63, 3.8) is 0 Å². The quantitative estimate of drug-likeness (QED) is 0.470. The van der Waals surface area contributed by atoms with Gasteiger partial charge in [-0.1, -0.05) is 25.4 Å². The normalized spacial score (nSPS) is 11.6. The molecule has 0 fully saturated rings. The predicted octanol–water partition coefficient (Wildman–Crippen LogP) is 4.28. The molecular weight excluding hydrogens is 384 g/mol. The van der Waals surface area contributed by atoms with E-state index in [1.807, 2.05) is 13.8 Å². The molecule has 0 aliphatic carbocycles. The summed E-state index contributed by atoms with van der Waals surface area (Å²) >= 11 is 5.99. The molecule has 2 aromatic carbocycles. The molecule has 0 aliphatic rings. The van der Waals surface area contributed by atoms with E-state index in [0.717, 1.165) is 0 Å². The van der Waals surface area contributed by atoms with Crippen LogP contribution >= 0.6 is 11.6 Å². The zero-order valence-electron chi connectivity index (χ0n) is 15.7. The minimum Gasteiger partial charge on any atom is -0.374 e. The van der Waals surface area contributed by atoms with Gasteiger partial charge in [0.2, 0.25) is 11.8 Å². The zero-order chi connectivity index (χ0) is 20.8. The molecule has 1 atom stereocenters. The number of nitro benzene ring substituents is 1. The summed E-state index contributed by atoms with van der Waals surface area (Å²) in [6.07, 6.45) is 0. The maximum absolute atomic E-state index is 12.4. The van der Waals surface area contributed by atoms with Gasteiger partial charge >= 0.3 is 0 Å². The number of non-ortho nitro benzene ring substituents is 1. The van der Waals surface area contributed by atoms with Crippen LogP contribution in [0.3, 0.4) is 0 Å². The Bertz CT molecular complexity index is 884. The van der Waals surface area contributed by atoms with Crippen LogP contribution in [0.1, 0.15) is 20.8 Å². The Kier molecular flexibility index (Phi) is 6.94. The number of rotatable bonds is 7. The number of anilines is 3. The van der Waals surface area contributed by atoms with Gasteiger partial charge in [-0.25, -0.2) is 0 Å². The van der Waals surface area contributed by atoms with Gasteiger partial charge in [-0.15, -0.1) is 0 Å². The van der Waals surface area contributed by atoms with E-state index in [0.29, 0.717) is 11.4 Å². The highest BCUT2D eigenvalue weighted by molar-refractivity contribution is 6.34. The zero-order valence-corrected chi connectivity index (χ0v) is 16.4. The Balaban J connectivity index is 1.97. The van der Waals surface area contributed by atoms with Crippen molar-refractivity contribution in [1.29, 1.82) is 0 Å². The Morgan fingerprint density at radius 3 is 2.11 bits per heavy atom. The number of nitrogens with one attached hydrogen (secondary N) is 3. The van der Waals surface area contributed by atoms with Crippen LogP contribution in [0.15, 0.2) is 42.5 Å². The average molecular weight is 405 g/mol. The van der Waals surface area contributed by atoms with Crippen LogP contribution in [0.5, 0.6) is 0 Å². The van der Waals surface area contributed by atoms with E-state index >= 15 is 0 Å². The molecule has 0 radical (unpaired) electrons. The van der Waals surface area contributed by atoms with Crippen molar-refractivity contribution in [2.75, 3.05) is 16.0 Å². The average Bonchev–Trinajstić information content (AvgIpc) is 2.64. The summed E-state index contributed by atoms with van der Waals surface area (Å²) in [6, 6.07) is 10.2. The number of carbonyl (C=O) groups is 2. The van der Waals surface area contributed by atoms with E-state index in [4.69, 9.17) is 11.6 Å². The van der Waals surface area contributed by atoms with Gasteiger partial charge in [0.1, 0.15) is 6.04 Å². The van der Waals surface area contributed by atoms with Crippen molar-refractivity contribution in [1.82, 2.24) is 0 Å². The number of amides is 2. The molecule has 0 saturated carbocycles. The van der Waals surface area contributed by atoms with Gasteiger partial charge < -0.3 is 16.0 Å². The Labute approximate surface area is 167 Å². The van der Waals surface area contributed by atoms with Crippen molar-refractivity contribution < 1.29 is 14.5 Å². The summed E-state index contributed by atoms with van der Waals surface area (Å²) in [7, 11) is 0. The SMILES string of the molecule is CC(C)C(=O)Nc1ccc(NC(C)C(=O)Nc2ccc([N+](=O)[O-])cc2Cl)cc1. The number of hydrogen-bond acceptors (Lipinski definition) is 5. The predicted molar refractivity (Wildman–Crippen MR) is 110 cm³/mol. The second kappa shape index (κ2) is 9.18. The molecule has 1 unspecified atom stereocenters. The third-order valence-corrected chi connectivity index (χ3v) is 4.19. The lowest BCUT2D eigenvalue weighted by atomic mass is 10.2. The summed E-state index contributed by atoms with van der Waals surface area (Å²) in [5.74, 6) is -0.547. The molecule has 0 aliphatic heterocycles. The highest BCUT2D eigenvalue weighted by Gasteiger charge is 2.16. The van der Waals surface area contributed by atoms with Crippen LogP contribution < -0.4 is 16.0 Å². The molecule has 0 aromatic heterocycles. The van der Waals surface area contributed by atoms with Crippen molar-refractivity contribution in [2.24, 2.45) is 5.92 Å². The standard InChI is InChI=1S/C19H21ClN4O4/c1-11(2)18(25)22-14-6-4-13(5-7-14)21-12(3)19(26)23-17-9-8-15(24(27)28)10-16(17)20/h4-12,21H,1-3H3,(H,22,25)(H,23,26). The van der Waals surface area contributed by atoms with Crippen molar-refractivity contribution in [3.05, 3.63) is 57.6 Å². The number of benzene rings is 2. The van der Waals surface area contributed by atoms with Gasteiger partial charge in [0.25, 0.3) is 5.69 Å². The molecule has 0 bridgehead atoms. The van der Waals surface area contributed by atoms with E-state index in [9.17, 15) is 19.7 Å². The van der Waals surface area contributed by atoms with Crippen LogP contribution in [-0.2, 0) is 9.59 Å². The van der Waals surface area contributed by atoms with Crippen LogP contribution in [0.2, 0.25) is 5.02 Å². The molecule has 28 heavy (non-hydrogen) atoms. The first-order valence-corrected chi connectivity index (χ1v) is 8.97. The molecule has 9 heteroatoms. The van der Waals surface area contributed by atoms with Crippen molar-refractivity contribution in [2.45, 2.75) is 26.8 Å². The van der Waals surface area contributed by atoms with Crippen LogP contribution in [0.25, 0.3) is 0 Å². The molecule has 0 spiro atoms. The fraction of sp³-hybridized carbons (Fsp3) is 0.263. The Morgan fingerprint density at radius 1 is 0.964 bits per heavy atom. The highest BCUT2D eigenvalue weighted by Crippen LogP contribution is 2.27. The number of hydrogen-bond donors (Lipinski definition) is 3. The van der Waals surface area contributed by atoms with E-state index in [1.165, 1.54) is 18.2 Å². The van der Waals surface area contributed by atoms with Gasteiger partial charge in [0.05, 0.1) is 15.6 Å². The minimum absolute atomic E-state index is 0.0755. The van der Waals surface area contributed by atoms with Crippen LogP contribution in [-0.4, -0.2) is 22.8 Å². The summed E-state index contributed by atoms with van der Waals surface area (Å²) < 4.78 is 0. The molecular formula is C19H21ClN4O4. The maximum atomic E-state index is 12.4. The second-order valence-corrected chi connectivity index (χ2v) is 6.91. The lowest BCUT2D eigenvalue weighted by Gasteiger charge is -2.16. The Hall–Kier alpha value is -3.13.